The minimum absolute atomic E-state index is 0.158. The van der Waals surface area contributed by atoms with Crippen LogP contribution in [0.1, 0.15) is 61.0 Å². The quantitative estimate of drug-likeness (QED) is 0.683. The van der Waals surface area contributed by atoms with Crippen LogP contribution >= 0.6 is 0 Å². The van der Waals surface area contributed by atoms with Gasteiger partial charge in [-0.2, -0.15) is 17.0 Å². The number of carbonyl (C=O) groups is 1. The highest BCUT2D eigenvalue weighted by Gasteiger charge is 2.39. The summed E-state index contributed by atoms with van der Waals surface area (Å²) in [7, 11) is -3.64. The Morgan fingerprint density at radius 3 is 2.55 bits per heavy atom. The lowest BCUT2D eigenvalue weighted by molar-refractivity contribution is 0.0300. The molecule has 0 saturated carbocycles. The maximum atomic E-state index is 13.3. The number of morpholine rings is 1. The standard InChI is InChI=1S/C19H31N5O4S/c1-4-23(5-2)29(26,27)24-9-7-6-8-17(24)18-16(14-20-15(3)21-18)19(25)22-10-12-28-13-11-22/h14,17H,4-13H2,1-3H3. The highest BCUT2D eigenvalue weighted by Crippen LogP contribution is 2.35. The summed E-state index contributed by atoms with van der Waals surface area (Å²) in [5.74, 6) is 0.373. The summed E-state index contributed by atoms with van der Waals surface area (Å²) >= 11 is 0. The molecule has 0 N–H and O–H groups in total. The van der Waals surface area contributed by atoms with Crippen molar-refractivity contribution in [2.24, 2.45) is 0 Å². The van der Waals surface area contributed by atoms with E-state index in [1.165, 1.54) is 8.61 Å². The van der Waals surface area contributed by atoms with Gasteiger partial charge in [0, 0.05) is 38.9 Å². The Morgan fingerprint density at radius 1 is 1.21 bits per heavy atom. The first-order valence-corrected chi connectivity index (χ1v) is 11.8. The topological polar surface area (TPSA) is 95.9 Å². The predicted octanol–water partition coefficient (Wildman–Crippen LogP) is 1.37. The lowest BCUT2D eigenvalue weighted by Crippen LogP contribution is -2.48. The molecule has 3 heterocycles. The fourth-order valence-corrected chi connectivity index (χ4v) is 5.83. The summed E-state index contributed by atoms with van der Waals surface area (Å²) < 4.78 is 34.9. The number of piperidine rings is 1. The average molecular weight is 426 g/mol. The van der Waals surface area contributed by atoms with E-state index in [9.17, 15) is 13.2 Å². The van der Waals surface area contributed by atoms with E-state index < -0.39 is 16.3 Å². The van der Waals surface area contributed by atoms with E-state index in [1.54, 1.807) is 18.0 Å². The fourth-order valence-electron chi connectivity index (χ4n) is 4.00. The van der Waals surface area contributed by atoms with E-state index in [-0.39, 0.29) is 5.91 Å². The third kappa shape index (κ3) is 4.60. The van der Waals surface area contributed by atoms with Crippen molar-refractivity contribution in [1.82, 2.24) is 23.5 Å². The predicted molar refractivity (Wildman–Crippen MR) is 109 cm³/mol. The van der Waals surface area contributed by atoms with Crippen LogP contribution in [0, 0.1) is 6.92 Å². The molecular weight excluding hydrogens is 394 g/mol. The second kappa shape index (κ2) is 9.46. The highest BCUT2D eigenvalue weighted by molar-refractivity contribution is 7.86. The van der Waals surface area contributed by atoms with Crippen LogP contribution < -0.4 is 0 Å². The molecule has 0 aliphatic carbocycles. The van der Waals surface area contributed by atoms with Crippen LogP contribution in [-0.2, 0) is 14.9 Å². The maximum absolute atomic E-state index is 13.3. The molecule has 1 atom stereocenters. The van der Waals surface area contributed by atoms with Crippen LogP contribution in [0.15, 0.2) is 6.20 Å². The Hall–Kier alpha value is -1.62. The van der Waals surface area contributed by atoms with Crippen molar-refractivity contribution in [3.8, 4) is 0 Å². The molecule has 0 spiro atoms. The van der Waals surface area contributed by atoms with E-state index in [1.807, 2.05) is 13.8 Å². The highest BCUT2D eigenvalue weighted by atomic mass is 32.2. The molecule has 0 aromatic carbocycles. The second-order valence-electron chi connectivity index (χ2n) is 7.34. The molecule has 1 aromatic heterocycles. The van der Waals surface area contributed by atoms with Gasteiger partial charge >= 0.3 is 0 Å². The van der Waals surface area contributed by atoms with Crippen molar-refractivity contribution in [2.45, 2.75) is 46.1 Å². The van der Waals surface area contributed by atoms with Crippen LogP contribution in [0.2, 0.25) is 0 Å². The Labute approximate surface area is 173 Å². The van der Waals surface area contributed by atoms with Crippen molar-refractivity contribution < 1.29 is 17.9 Å². The summed E-state index contributed by atoms with van der Waals surface area (Å²) in [5, 5.41) is 0. The largest absolute Gasteiger partial charge is 0.378 e. The first-order valence-electron chi connectivity index (χ1n) is 10.4. The van der Waals surface area contributed by atoms with E-state index in [0.29, 0.717) is 69.4 Å². The van der Waals surface area contributed by atoms with Gasteiger partial charge in [-0.25, -0.2) is 9.97 Å². The molecule has 0 radical (unpaired) electrons. The monoisotopic (exact) mass is 425 g/mol. The Morgan fingerprint density at radius 2 is 1.90 bits per heavy atom. The zero-order valence-corrected chi connectivity index (χ0v) is 18.3. The molecule has 1 unspecified atom stereocenters. The number of aromatic nitrogens is 2. The van der Waals surface area contributed by atoms with Crippen LogP contribution in [0.5, 0.6) is 0 Å². The zero-order valence-electron chi connectivity index (χ0n) is 17.5. The molecule has 29 heavy (non-hydrogen) atoms. The minimum Gasteiger partial charge on any atom is -0.378 e. The molecule has 0 bridgehead atoms. The normalized spacial score (nSPS) is 21.5. The van der Waals surface area contributed by atoms with Gasteiger partial charge in [-0.3, -0.25) is 4.79 Å². The van der Waals surface area contributed by atoms with Crippen LogP contribution in [0.3, 0.4) is 0 Å². The Kier molecular flexibility index (Phi) is 7.20. The van der Waals surface area contributed by atoms with Gasteiger partial charge in [0.05, 0.1) is 30.5 Å². The molecule has 9 nitrogen and oxygen atoms in total. The molecule has 3 rings (SSSR count). The summed E-state index contributed by atoms with van der Waals surface area (Å²) in [4.78, 5) is 23.7. The Balaban J connectivity index is 2.00. The van der Waals surface area contributed by atoms with Gasteiger partial charge in [-0.15, -0.1) is 0 Å². The number of carbonyl (C=O) groups excluding carboxylic acids is 1. The first-order chi connectivity index (χ1) is 13.9. The van der Waals surface area contributed by atoms with Gasteiger partial charge in [0.25, 0.3) is 16.1 Å². The molecule has 1 amide bonds. The summed E-state index contributed by atoms with van der Waals surface area (Å²) in [5.41, 5.74) is 0.911. The summed E-state index contributed by atoms with van der Waals surface area (Å²) in [6.07, 6.45) is 3.88. The van der Waals surface area contributed by atoms with Crippen molar-refractivity contribution in [3.63, 3.8) is 0 Å². The number of amides is 1. The molecule has 2 aliphatic rings. The van der Waals surface area contributed by atoms with Crippen molar-refractivity contribution >= 4 is 16.1 Å². The lowest BCUT2D eigenvalue weighted by atomic mass is 9.98. The van der Waals surface area contributed by atoms with Gasteiger partial charge in [0.15, 0.2) is 0 Å². The number of aryl methyl sites for hydroxylation is 1. The molecule has 2 fully saturated rings. The van der Waals surface area contributed by atoms with Crippen molar-refractivity contribution in [1.29, 1.82) is 0 Å². The molecular formula is C19H31N5O4S. The van der Waals surface area contributed by atoms with Crippen molar-refractivity contribution in [2.75, 3.05) is 45.9 Å². The molecule has 10 heteroatoms. The number of hydrogen-bond donors (Lipinski definition) is 0. The van der Waals surface area contributed by atoms with E-state index in [0.717, 1.165) is 12.8 Å². The third-order valence-electron chi connectivity index (χ3n) is 5.56. The van der Waals surface area contributed by atoms with Crippen LogP contribution in [-0.4, -0.2) is 83.7 Å². The third-order valence-corrected chi connectivity index (χ3v) is 7.76. The maximum Gasteiger partial charge on any atom is 0.282 e. The first kappa shape index (κ1) is 22.1. The van der Waals surface area contributed by atoms with E-state index in [4.69, 9.17) is 4.74 Å². The number of rotatable bonds is 6. The number of nitrogens with zero attached hydrogens (tertiary/aromatic N) is 5. The minimum atomic E-state index is -3.64. The average Bonchev–Trinajstić information content (AvgIpc) is 2.74. The fraction of sp³-hybridized carbons (Fsp3) is 0.737. The Bertz CT molecular complexity index is 822. The molecule has 2 saturated heterocycles. The van der Waals surface area contributed by atoms with Gasteiger partial charge in [0.1, 0.15) is 5.82 Å². The van der Waals surface area contributed by atoms with Gasteiger partial charge in [-0.1, -0.05) is 20.3 Å². The van der Waals surface area contributed by atoms with Crippen LogP contribution in [0.25, 0.3) is 0 Å². The van der Waals surface area contributed by atoms with Crippen molar-refractivity contribution in [3.05, 3.63) is 23.3 Å². The van der Waals surface area contributed by atoms with Gasteiger partial charge < -0.3 is 9.64 Å². The number of ether oxygens (including phenoxy) is 1. The SMILES string of the molecule is CCN(CC)S(=O)(=O)N1CCCCC1c1nc(C)ncc1C(=O)N1CCOCC1. The van der Waals surface area contributed by atoms with Gasteiger partial charge in [0.2, 0.25) is 0 Å². The van der Waals surface area contributed by atoms with Crippen LogP contribution in [0.4, 0.5) is 0 Å². The number of hydrogen-bond acceptors (Lipinski definition) is 6. The lowest BCUT2D eigenvalue weighted by Gasteiger charge is -2.38. The van der Waals surface area contributed by atoms with Gasteiger partial charge in [-0.05, 0) is 19.8 Å². The smallest absolute Gasteiger partial charge is 0.282 e. The summed E-state index contributed by atoms with van der Waals surface area (Å²) in [6, 6.07) is -0.462. The summed E-state index contributed by atoms with van der Waals surface area (Å²) in [6.45, 7) is 8.70. The molecule has 2 aliphatic heterocycles. The second-order valence-corrected chi connectivity index (χ2v) is 9.22. The molecule has 1 aromatic rings. The van der Waals surface area contributed by atoms with E-state index >= 15 is 0 Å². The molecule has 162 valence electrons. The zero-order chi connectivity index (χ0) is 21.0. The van der Waals surface area contributed by atoms with E-state index in [2.05, 4.69) is 9.97 Å².